The molecule has 0 spiro atoms. The van der Waals surface area contributed by atoms with Gasteiger partial charge in [-0.3, -0.25) is 0 Å². The maximum atomic E-state index is 12.9. The summed E-state index contributed by atoms with van der Waals surface area (Å²) in [4.78, 5) is 42.1. The van der Waals surface area contributed by atoms with Gasteiger partial charge >= 0.3 is 18.2 Å². The van der Waals surface area contributed by atoms with Crippen LogP contribution in [-0.4, -0.2) is 94.1 Å². The second-order valence-corrected chi connectivity index (χ2v) is 13.9. The largest absolute Gasteiger partial charge is 0.465 e. The predicted octanol–water partition coefficient (Wildman–Crippen LogP) is 5.36. The number of aromatic nitrogens is 2. The monoisotopic (exact) mass is 641 g/mol. The van der Waals surface area contributed by atoms with Crippen LogP contribution in [0.1, 0.15) is 56.9 Å². The minimum Gasteiger partial charge on any atom is -0.465 e. The van der Waals surface area contributed by atoms with E-state index in [9.17, 15) is 20.0 Å². The molecule has 2 amide bonds. The summed E-state index contributed by atoms with van der Waals surface area (Å²) in [7, 11) is 1.74. The van der Waals surface area contributed by atoms with E-state index in [0.29, 0.717) is 26.1 Å². The number of aryl methyl sites for hydroxylation is 1. The number of nitriles is 1. The van der Waals surface area contributed by atoms with Crippen LogP contribution in [0.2, 0.25) is 0 Å². The van der Waals surface area contributed by atoms with Crippen LogP contribution in [0.3, 0.4) is 0 Å². The molecular weight excluding hydrogens is 598 g/mol. The first-order chi connectivity index (χ1) is 22.4. The number of carbonyl (C=O) groups excluding carboxylic acids is 1. The highest BCUT2D eigenvalue weighted by molar-refractivity contribution is 5.97. The Labute approximate surface area is 275 Å². The molecule has 1 saturated carbocycles. The molecule has 1 saturated heterocycles. The fourth-order valence-corrected chi connectivity index (χ4v) is 6.71. The summed E-state index contributed by atoms with van der Waals surface area (Å²) in [6.07, 6.45) is 0.923. The Bertz CT molecular complexity index is 1720. The van der Waals surface area contributed by atoms with Gasteiger partial charge in [0.25, 0.3) is 0 Å². The molecule has 3 heterocycles. The first-order valence-electron chi connectivity index (χ1n) is 16.2. The third-order valence-corrected chi connectivity index (χ3v) is 9.49. The zero-order valence-electron chi connectivity index (χ0n) is 27.8. The van der Waals surface area contributed by atoms with Gasteiger partial charge in [0.15, 0.2) is 0 Å². The second-order valence-electron chi connectivity index (χ2n) is 13.9. The molecule has 0 radical (unpaired) electrons. The van der Waals surface area contributed by atoms with Crippen LogP contribution in [0.25, 0.3) is 10.8 Å². The summed E-state index contributed by atoms with van der Waals surface area (Å²) in [6.45, 7) is 10.2. The van der Waals surface area contributed by atoms with E-state index in [4.69, 9.17) is 19.4 Å². The maximum absolute atomic E-state index is 12.9. The molecule has 0 unspecified atom stereocenters. The topological polar surface area (TPSA) is 135 Å². The Morgan fingerprint density at radius 1 is 1.11 bits per heavy atom. The van der Waals surface area contributed by atoms with Gasteiger partial charge in [-0.1, -0.05) is 30.3 Å². The minimum absolute atomic E-state index is 0.0904. The van der Waals surface area contributed by atoms with Crippen LogP contribution in [-0.2, 0) is 17.7 Å². The maximum Gasteiger partial charge on any atom is 0.410 e. The number of rotatable bonds is 7. The van der Waals surface area contributed by atoms with Crippen molar-refractivity contribution in [2.75, 3.05) is 49.6 Å². The third-order valence-electron chi connectivity index (χ3n) is 9.49. The zero-order valence-corrected chi connectivity index (χ0v) is 27.8. The highest BCUT2D eigenvalue weighted by Crippen LogP contribution is 2.42. The van der Waals surface area contributed by atoms with Crippen LogP contribution in [0.15, 0.2) is 36.4 Å². The summed E-state index contributed by atoms with van der Waals surface area (Å²) < 4.78 is 11.9. The van der Waals surface area contributed by atoms with Crippen molar-refractivity contribution >= 4 is 34.5 Å². The summed E-state index contributed by atoms with van der Waals surface area (Å²) in [6, 6.07) is 14.6. The van der Waals surface area contributed by atoms with Gasteiger partial charge in [-0.25, -0.2) is 9.59 Å². The summed E-state index contributed by atoms with van der Waals surface area (Å²) in [5.41, 5.74) is 3.11. The predicted molar refractivity (Wildman–Crippen MR) is 178 cm³/mol. The molecule has 3 aromatic rings. The molecule has 1 aromatic heterocycles. The van der Waals surface area contributed by atoms with Gasteiger partial charge in [-0.15, -0.1) is 0 Å². The van der Waals surface area contributed by atoms with E-state index in [1.807, 2.05) is 20.8 Å². The van der Waals surface area contributed by atoms with E-state index in [1.54, 1.807) is 11.9 Å². The van der Waals surface area contributed by atoms with E-state index < -0.39 is 29.4 Å². The van der Waals surface area contributed by atoms with Crippen LogP contribution in [0, 0.1) is 18.3 Å². The molecule has 2 fully saturated rings. The molecule has 1 aliphatic carbocycles. The fraction of sp³-hybridized carbons (Fsp3) is 0.514. The van der Waals surface area contributed by atoms with Crippen LogP contribution in [0.5, 0.6) is 6.01 Å². The van der Waals surface area contributed by atoms with E-state index in [1.165, 1.54) is 21.2 Å². The highest BCUT2D eigenvalue weighted by atomic mass is 16.6. The first kappa shape index (κ1) is 32.2. The van der Waals surface area contributed by atoms with Crippen LogP contribution < -0.4 is 14.5 Å². The van der Waals surface area contributed by atoms with Gasteiger partial charge in [0, 0.05) is 49.9 Å². The number of likely N-dealkylation sites (N-methyl/N-ethyl adjacent to an activating group) is 1. The minimum atomic E-state index is -1.02. The average Bonchev–Trinajstić information content (AvgIpc) is 3.83. The lowest BCUT2D eigenvalue weighted by molar-refractivity contribution is 0.0134. The molecule has 0 bridgehead atoms. The lowest BCUT2D eigenvalue weighted by Crippen LogP contribution is -2.55. The van der Waals surface area contributed by atoms with Gasteiger partial charge in [0.1, 0.15) is 18.0 Å². The van der Waals surface area contributed by atoms with Crippen molar-refractivity contribution in [3.8, 4) is 12.1 Å². The van der Waals surface area contributed by atoms with Crippen LogP contribution >= 0.6 is 0 Å². The number of piperazine rings is 1. The Morgan fingerprint density at radius 3 is 2.53 bits per heavy atom. The van der Waals surface area contributed by atoms with E-state index in [2.05, 4.69) is 59.2 Å². The van der Waals surface area contributed by atoms with E-state index >= 15 is 0 Å². The molecule has 2 aliphatic heterocycles. The van der Waals surface area contributed by atoms with Gasteiger partial charge in [0.2, 0.25) is 0 Å². The zero-order chi connectivity index (χ0) is 33.5. The number of fused-ring (bicyclic) bond motifs is 2. The molecule has 12 heteroatoms. The molecule has 248 valence electrons. The molecule has 1 atom stereocenters. The fourth-order valence-electron chi connectivity index (χ4n) is 6.71. The number of hydrogen-bond acceptors (Lipinski definition) is 9. The smallest absolute Gasteiger partial charge is 0.410 e. The number of benzene rings is 2. The molecule has 2 aromatic carbocycles. The standard InChI is InChI=1S/C35H43N7O5/c1-23-8-6-9-24-10-7-11-28(29(23)24)40-17-13-26-27(21-40)37-31(46-22-35(14-15-35)39(5)33(45)47-34(2,3)4)38-30(26)41-18-19-42(32(43)44)25(20-41)12-16-36/h6-11,25H,12-15,17-22H2,1-5H3,(H,43,44)/t25-/m0/s1. The highest BCUT2D eigenvalue weighted by Gasteiger charge is 2.51. The Balaban J connectivity index is 1.32. The van der Waals surface area contributed by atoms with Crippen molar-refractivity contribution in [2.24, 2.45) is 0 Å². The number of carboxylic acid groups (broad SMARTS) is 1. The number of nitrogens with zero attached hydrogens (tertiary/aromatic N) is 7. The van der Waals surface area contributed by atoms with Gasteiger partial charge in [-0.2, -0.15) is 15.2 Å². The summed E-state index contributed by atoms with van der Waals surface area (Å²) in [5.74, 6) is 0.720. The number of amides is 2. The molecule has 12 nitrogen and oxygen atoms in total. The summed E-state index contributed by atoms with van der Waals surface area (Å²) in [5, 5.41) is 21.6. The summed E-state index contributed by atoms with van der Waals surface area (Å²) >= 11 is 0. The Hall–Kier alpha value is -4.79. The Morgan fingerprint density at radius 2 is 1.85 bits per heavy atom. The van der Waals surface area contributed by atoms with Gasteiger partial charge < -0.3 is 34.2 Å². The van der Waals surface area contributed by atoms with Crippen molar-refractivity contribution in [3.63, 3.8) is 0 Å². The average molecular weight is 642 g/mol. The SMILES string of the molecule is Cc1cccc2cccc(N3CCc4c(nc(OCC5(N(C)C(=O)OC(C)(C)C)CC5)nc4N4CCN(C(=O)O)[C@@H](CC#N)C4)C3)c12. The Kier molecular flexibility index (Phi) is 8.51. The van der Waals surface area contributed by atoms with Crippen molar-refractivity contribution in [1.29, 1.82) is 5.26 Å². The number of anilines is 2. The van der Waals surface area contributed by atoms with Gasteiger partial charge in [-0.05, 0) is 64.0 Å². The van der Waals surface area contributed by atoms with Crippen molar-refractivity contribution < 1.29 is 24.2 Å². The van der Waals surface area contributed by atoms with E-state index in [0.717, 1.165) is 42.1 Å². The molecular formula is C35H43N7O5. The first-order valence-corrected chi connectivity index (χ1v) is 16.2. The molecule has 1 N–H and O–H groups in total. The second kappa shape index (κ2) is 12.4. The number of ether oxygens (including phenoxy) is 2. The van der Waals surface area contributed by atoms with Gasteiger partial charge in [0.05, 0.1) is 36.3 Å². The molecule has 3 aliphatic rings. The van der Waals surface area contributed by atoms with Crippen molar-refractivity contribution in [3.05, 3.63) is 53.2 Å². The third kappa shape index (κ3) is 6.57. The lowest BCUT2D eigenvalue weighted by Gasteiger charge is -2.41. The normalized spacial score (nSPS) is 18.7. The number of hydrogen-bond donors (Lipinski definition) is 1. The van der Waals surface area contributed by atoms with Crippen LogP contribution in [0.4, 0.5) is 21.1 Å². The quantitative estimate of drug-likeness (QED) is 0.359. The van der Waals surface area contributed by atoms with Crippen molar-refractivity contribution in [2.45, 2.75) is 77.1 Å². The number of carbonyl (C=O) groups is 2. The lowest BCUT2D eigenvalue weighted by atomic mass is 9.99. The van der Waals surface area contributed by atoms with Crippen molar-refractivity contribution in [1.82, 2.24) is 19.8 Å². The van der Waals surface area contributed by atoms with E-state index in [-0.39, 0.29) is 25.6 Å². The molecule has 6 rings (SSSR count). The molecule has 47 heavy (non-hydrogen) atoms.